The quantitative estimate of drug-likeness (QED) is 0.529. The summed E-state index contributed by atoms with van der Waals surface area (Å²) < 4.78 is 27.6. The number of sulfonamides is 1. The van der Waals surface area contributed by atoms with E-state index in [0.29, 0.717) is 10.6 Å². The zero-order chi connectivity index (χ0) is 21.0. The topological polar surface area (TPSA) is 101 Å². The molecule has 0 radical (unpaired) electrons. The average molecular weight is 451 g/mol. The first-order chi connectivity index (χ1) is 13.8. The summed E-state index contributed by atoms with van der Waals surface area (Å²) in [5, 5.41) is 10.6. The molecule has 0 saturated carbocycles. The molecule has 2 N–H and O–H groups in total. The molecule has 10 heteroatoms. The van der Waals surface area contributed by atoms with Crippen molar-refractivity contribution in [1.82, 2.24) is 14.9 Å². The van der Waals surface area contributed by atoms with E-state index in [4.69, 9.17) is 11.6 Å². The first-order valence-corrected chi connectivity index (χ1v) is 11.5. The molecule has 2 aromatic carbocycles. The maximum atomic E-state index is 12.6. The van der Waals surface area contributed by atoms with Gasteiger partial charge in [-0.05, 0) is 48.7 Å². The van der Waals surface area contributed by atoms with Gasteiger partial charge >= 0.3 is 0 Å². The Bertz CT molecular complexity index is 1100. The minimum atomic E-state index is -3.88. The Labute approximate surface area is 178 Å². The number of carbonyl (C=O) groups excluding carboxylic acids is 1. The number of anilines is 1. The van der Waals surface area contributed by atoms with Crippen LogP contribution in [-0.2, 0) is 16.4 Å². The number of aromatic nitrogens is 2. The molecule has 0 saturated heterocycles. The summed E-state index contributed by atoms with van der Waals surface area (Å²) in [5.74, 6) is -0.431. The minimum Gasteiger partial charge on any atom is -0.296 e. The fraction of sp³-hybridized carbons (Fsp3) is 0.211. The third-order valence-corrected chi connectivity index (χ3v) is 7.18. The average Bonchev–Trinajstić information content (AvgIpc) is 3.17. The van der Waals surface area contributed by atoms with Crippen molar-refractivity contribution in [1.29, 1.82) is 0 Å². The van der Waals surface area contributed by atoms with Crippen LogP contribution in [0.3, 0.4) is 0 Å². The van der Waals surface area contributed by atoms with Gasteiger partial charge in [-0.15, -0.1) is 10.2 Å². The smallest absolute Gasteiger partial charge is 0.270 e. The van der Waals surface area contributed by atoms with E-state index in [1.807, 2.05) is 24.3 Å². The number of hydrogen-bond donors (Lipinski definition) is 2. The van der Waals surface area contributed by atoms with Gasteiger partial charge in [0.05, 0.1) is 0 Å². The number of carbonyl (C=O) groups is 1. The van der Waals surface area contributed by atoms with Gasteiger partial charge in [-0.3, -0.25) is 10.1 Å². The van der Waals surface area contributed by atoms with Crippen molar-refractivity contribution in [3.63, 3.8) is 0 Å². The predicted molar refractivity (Wildman–Crippen MR) is 114 cm³/mol. The van der Waals surface area contributed by atoms with Crippen molar-refractivity contribution in [2.75, 3.05) is 5.32 Å². The molecule has 152 valence electrons. The van der Waals surface area contributed by atoms with Crippen LogP contribution in [0.15, 0.2) is 52.9 Å². The molecule has 1 aromatic heterocycles. The van der Waals surface area contributed by atoms with Crippen molar-refractivity contribution in [2.45, 2.75) is 30.6 Å². The number of aryl methyl sites for hydroxylation is 1. The van der Waals surface area contributed by atoms with E-state index in [1.165, 1.54) is 5.56 Å². The van der Waals surface area contributed by atoms with Crippen molar-refractivity contribution >= 4 is 44.0 Å². The Hall–Kier alpha value is -2.33. The SMILES string of the molecule is CCc1ccc(C(C)NS(=O)(=O)c2nnc(NC(=O)c3ccc(Cl)cc3)s2)cc1. The molecule has 3 aromatic rings. The first kappa shape index (κ1) is 21.4. The molecular weight excluding hydrogens is 432 g/mol. The third kappa shape index (κ3) is 5.39. The predicted octanol–water partition coefficient (Wildman–Crippen LogP) is 4.05. The van der Waals surface area contributed by atoms with Gasteiger partial charge in [-0.25, -0.2) is 13.1 Å². The maximum Gasteiger partial charge on any atom is 0.270 e. The van der Waals surface area contributed by atoms with Gasteiger partial charge in [0.25, 0.3) is 15.9 Å². The minimum absolute atomic E-state index is 0.0882. The summed E-state index contributed by atoms with van der Waals surface area (Å²) in [4.78, 5) is 12.2. The van der Waals surface area contributed by atoms with Crippen LogP contribution in [0.1, 0.15) is 41.4 Å². The Kier molecular flexibility index (Phi) is 6.63. The second-order valence-corrected chi connectivity index (χ2v) is 9.57. The fourth-order valence-electron chi connectivity index (χ4n) is 2.53. The number of hydrogen-bond acceptors (Lipinski definition) is 6. The van der Waals surface area contributed by atoms with Crippen LogP contribution in [0.5, 0.6) is 0 Å². The molecule has 7 nitrogen and oxygen atoms in total. The highest BCUT2D eigenvalue weighted by atomic mass is 35.5. The van der Waals surface area contributed by atoms with Crippen LogP contribution in [0.4, 0.5) is 5.13 Å². The van der Waals surface area contributed by atoms with Crippen molar-refractivity contribution in [3.05, 3.63) is 70.2 Å². The van der Waals surface area contributed by atoms with Crippen molar-refractivity contribution in [2.24, 2.45) is 0 Å². The highest BCUT2D eigenvalue weighted by molar-refractivity contribution is 7.91. The summed E-state index contributed by atoms with van der Waals surface area (Å²) in [7, 11) is -3.88. The highest BCUT2D eigenvalue weighted by Crippen LogP contribution is 2.23. The van der Waals surface area contributed by atoms with E-state index in [1.54, 1.807) is 31.2 Å². The molecule has 0 aliphatic carbocycles. The Morgan fingerprint density at radius 2 is 1.76 bits per heavy atom. The molecule has 0 bridgehead atoms. The molecule has 29 heavy (non-hydrogen) atoms. The van der Waals surface area contributed by atoms with E-state index in [9.17, 15) is 13.2 Å². The van der Waals surface area contributed by atoms with Crippen molar-refractivity contribution in [3.8, 4) is 0 Å². The molecule has 0 fully saturated rings. The summed E-state index contributed by atoms with van der Waals surface area (Å²) in [6, 6.07) is 13.6. The molecular formula is C19H19ClN4O3S2. The van der Waals surface area contributed by atoms with E-state index in [0.717, 1.165) is 23.3 Å². The van der Waals surface area contributed by atoms with Crippen LogP contribution in [-0.4, -0.2) is 24.5 Å². The number of rotatable bonds is 7. The van der Waals surface area contributed by atoms with Crippen LogP contribution >= 0.6 is 22.9 Å². The van der Waals surface area contributed by atoms with Crippen LogP contribution in [0.2, 0.25) is 5.02 Å². The molecule has 0 aliphatic heterocycles. The molecule has 3 rings (SSSR count). The standard InChI is InChI=1S/C19H19ClN4O3S2/c1-3-13-4-6-14(7-5-13)12(2)24-29(26,27)19-23-22-18(28-19)21-17(25)15-8-10-16(20)11-9-15/h4-12,24H,3H2,1-2H3,(H,21,22,25). The van der Waals surface area contributed by atoms with Crippen LogP contribution in [0, 0.1) is 0 Å². The normalized spacial score (nSPS) is 12.5. The number of benzene rings is 2. The van der Waals surface area contributed by atoms with Gasteiger partial charge in [-0.1, -0.05) is 54.1 Å². The summed E-state index contributed by atoms with van der Waals surface area (Å²) in [6.45, 7) is 3.81. The largest absolute Gasteiger partial charge is 0.296 e. The molecule has 0 aliphatic rings. The van der Waals surface area contributed by atoms with Gasteiger partial charge in [-0.2, -0.15) is 0 Å². The number of nitrogens with zero attached hydrogens (tertiary/aromatic N) is 2. The lowest BCUT2D eigenvalue weighted by atomic mass is 10.1. The molecule has 0 spiro atoms. The summed E-state index contributed by atoms with van der Waals surface area (Å²) >= 11 is 6.58. The Balaban J connectivity index is 1.69. The van der Waals surface area contributed by atoms with E-state index >= 15 is 0 Å². The zero-order valence-corrected chi connectivity index (χ0v) is 18.1. The van der Waals surface area contributed by atoms with Gasteiger partial charge in [0.15, 0.2) is 0 Å². The fourth-order valence-corrected chi connectivity index (χ4v) is 4.80. The zero-order valence-electron chi connectivity index (χ0n) is 15.7. The van der Waals surface area contributed by atoms with Gasteiger partial charge in [0.2, 0.25) is 9.47 Å². The second kappa shape index (κ2) is 9.00. The van der Waals surface area contributed by atoms with Crippen molar-refractivity contribution < 1.29 is 13.2 Å². The highest BCUT2D eigenvalue weighted by Gasteiger charge is 2.24. The number of amides is 1. The second-order valence-electron chi connectivity index (χ2n) is 6.27. The summed E-state index contributed by atoms with van der Waals surface area (Å²) in [5.41, 5.74) is 2.39. The van der Waals surface area contributed by atoms with Crippen LogP contribution < -0.4 is 10.0 Å². The van der Waals surface area contributed by atoms with Gasteiger partial charge < -0.3 is 0 Å². The molecule has 1 atom stereocenters. The molecule has 1 unspecified atom stereocenters. The van der Waals surface area contributed by atoms with Crippen LogP contribution in [0.25, 0.3) is 0 Å². The molecule has 1 amide bonds. The lowest BCUT2D eigenvalue weighted by Crippen LogP contribution is -2.26. The van der Waals surface area contributed by atoms with Gasteiger partial charge in [0, 0.05) is 16.6 Å². The lowest BCUT2D eigenvalue weighted by Gasteiger charge is -2.13. The summed E-state index contributed by atoms with van der Waals surface area (Å²) in [6.07, 6.45) is 0.912. The maximum absolute atomic E-state index is 12.6. The number of halogens is 1. The van der Waals surface area contributed by atoms with E-state index in [-0.39, 0.29) is 9.47 Å². The molecule has 1 heterocycles. The Morgan fingerprint density at radius 3 is 2.38 bits per heavy atom. The Morgan fingerprint density at radius 1 is 1.10 bits per heavy atom. The van der Waals surface area contributed by atoms with E-state index < -0.39 is 22.0 Å². The number of nitrogens with one attached hydrogen (secondary N) is 2. The monoisotopic (exact) mass is 450 g/mol. The first-order valence-electron chi connectivity index (χ1n) is 8.80. The van der Waals surface area contributed by atoms with E-state index in [2.05, 4.69) is 27.2 Å². The lowest BCUT2D eigenvalue weighted by molar-refractivity contribution is 0.102. The van der Waals surface area contributed by atoms with Gasteiger partial charge in [0.1, 0.15) is 0 Å². The third-order valence-electron chi connectivity index (χ3n) is 4.18.